The van der Waals surface area contributed by atoms with Crippen molar-refractivity contribution >= 4 is 56.8 Å². The Morgan fingerprint density at radius 3 is 1.97 bits per heavy atom. The molecule has 0 saturated heterocycles. The molecule has 0 fully saturated rings. The van der Waals surface area contributed by atoms with Crippen molar-refractivity contribution in [3.63, 3.8) is 0 Å². The van der Waals surface area contributed by atoms with E-state index in [0.29, 0.717) is 27.8 Å². The van der Waals surface area contributed by atoms with Gasteiger partial charge in [-0.05, 0) is 62.4 Å². The summed E-state index contributed by atoms with van der Waals surface area (Å²) < 4.78 is 22.5. The van der Waals surface area contributed by atoms with Crippen LogP contribution in [0.25, 0.3) is 65.9 Å². The summed E-state index contributed by atoms with van der Waals surface area (Å²) in [5.41, 5.74) is 5.58. The normalized spacial score (nSPS) is 12.2. The second kappa shape index (κ2) is 8.54. The fraction of sp³-hybridized carbons (Fsp3) is 0.114. The van der Waals surface area contributed by atoms with E-state index in [-0.39, 0.29) is 11.2 Å². The fourth-order valence-corrected chi connectivity index (χ4v) is 5.71. The van der Waals surface area contributed by atoms with Crippen LogP contribution in [-0.2, 0) is 5.41 Å². The average Bonchev–Trinajstić information content (AvgIpc) is 3.33. The molecule has 0 saturated carbocycles. The van der Waals surface area contributed by atoms with Crippen molar-refractivity contribution in [2.45, 2.75) is 26.2 Å². The quantitative estimate of drug-likeness (QED) is 0.173. The lowest BCUT2D eigenvalue weighted by Crippen LogP contribution is -2.11. The van der Waals surface area contributed by atoms with Gasteiger partial charge in [0.05, 0.1) is 11.3 Å². The monoisotopic (exact) mass is 505 g/mol. The lowest BCUT2D eigenvalue weighted by atomic mass is 9.79. The number of furan rings is 1. The minimum Gasteiger partial charge on any atom is -0.455 e. The van der Waals surface area contributed by atoms with Gasteiger partial charge >= 0.3 is 0 Å². The first-order valence-electron chi connectivity index (χ1n) is 13.1. The largest absolute Gasteiger partial charge is 0.455 e. The molecule has 0 unspecified atom stereocenters. The van der Waals surface area contributed by atoms with E-state index in [1.54, 1.807) is 6.07 Å². The number of rotatable bonds is 2. The van der Waals surface area contributed by atoms with Crippen LogP contribution in [0.1, 0.15) is 26.3 Å². The highest BCUT2D eigenvalue weighted by Crippen LogP contribution is 2.43. The van der Waals surface area contributed by atoms with Crippen LogP contribution in [0.3, 0.4) is 0 Å². The summed E-state index contributed by atoms with van der Waals surface area (Å²) >= 11 is 0. The van der Waals surface area contributed by atoms with Crippen molar-refractivity contribution in [3.05, 3.63) is 109 Å². The highest BCUT2D eigenvalue weighted by molar-refractivity contribution is 6.46. The third-order valence-electron chi connectivity index (χ3n) is 7.74. The maximum absolute atomic E-state index is 15.9. The molecule has 0 atom stereocenters. The maximum atomic E-state index is 15.9. The van der Waals surface area contributed by atoms with Gasteiger partial charge in [-0.2, -0.15) is 0 Å². The van der Waals surface area contributed by atoms with E-state index in [1.165, 1.54) is 6.07 Å². The molecule has 39 heavy (non-hydrogen) atoms. The van der Waals surface area contributed by atoms with Crippen molar-refractivity contribution < 1.29 is 8.81 Å². The smallest absolute Gasteiger partial charge is 0.146 e. The third kappa shape index (κ3) is 3.59. The van der Waals surface area contributed by atoms with Crippen LogP contribution in [0, 0.1) is 5.82 Å². The molecule has 7 aromatic rings. The summed E-state index contributed by atoms with van der Waals surface area (Å²) in [6, 6.07) is 29.5. The van der Waals surface area contributed by atoms with Crippen LogP contribution < -0.4 is 5.46 Å². The molecule has 0 aliphatic heterocycles. The molecule has 5 aromatic carbocycles. The summed E-state index contributed by atoms with van der Waals surface area (Å²) in [6.45, 7) is 6.51. The predicted molar refractivity (Wildman–Crippen MR) is 161 cm³/mol. The lowest BCUT2D eigenvalue weighted by molar-refractivity contribution is 0.587. The predicted octanol–water partition coefficient (Wildman–Crippen LogP) is 8.85. The van der Waals surface area contributed by atoms with Crippen LogP contribution >= 0.6 is 0 Å². The van der Waals surface area contributed by atoms with Crippen LogP contribution in [0.2, 0.25) is 0 Å². The Morgan fingerprint density at radius 1 is 0.641 bits per heavy atom. The van der Waals surface area contributed by atoms with Gasteiger partial charge in [-0.3, -0.25) is 4.98 Å². The number of hydrogen-bond acceptors (Lipinski definition) is 2. The molecule has 2 aromatic heterocycles. The van der Waals surface area contributed by atoms with Crippen molar-refractivity contribution in [2.24, 2.45) is 0 Å². The molecular weight excluding hydrogens is 480 g/mol. The minimum atomic E-state index is -0.372. The molecule has 2 heterocycles. The van der Waals surface area contributed by atoms with E-state index < -0.39 is 0 Å². The van der Waals surface area contributed by atoms with E-state index in [1.807, 2.05) is 66.9 Å². The van der Waals surface area contributed by atoms with Crippen LogP contribution in [-0.4, -0.2) is 12.8 Å². The second-order valence-electron chi connectivity index (χ2n) is 11.1. The Hall–Kier alpha value is -4.44. The van der Waals surface area contributed by atoms with Gasteiger partial charge in [0.15, 0.2) is 0 Å². The molecule has 2 radical (unpaired) electrons. The number of pyridine rings is 1. The van der Waals surface area contributed by atoms with E-state index in [4.69, 9.17) is 17.2 Å². The van der Waals surface area contributed by atoms with Crippen molar-refractivity contribution in [1.82, 2.24) is 4.98 Å². The molecule has 4 heteroatoms. The molecule has 186 valence electrons. The van der Waals surface area contributed by atoms with Gasteiger partial charge in [-0.1, -0.05) is 93.0 Å². The highest BCUT2D eigenvalue weighted by Gasteiger charge is 2.23. The first kappa shape index (κ1) is 23.7. The topological polar surface area (TPSA) is 26.0 Å². The Morgan fingerprint density at radius 2 is 1.28 bits per heavy atom. The standard InChI is InChI=1S/C35H25BFNO/c1-35(2,3)20-15-18-29(38-19-20)27-14-8-13-25-26-16-17-28(37)31(34(26)39-33(25)27)30-23-11-6-4-9-21(23)22-10-5-7-12-24(22)32(30)36/h4-19H,1-3H3. The van der Waals surface area contributed by atoms with E-state index in [0.717, 1.165) is 49.1 Å². The van der Waals surface area contributed by atoms with Gasteiger partial charge in [-0.15, -0.1) is 0 Å². The average molecular weight is 505 g/mol. The zero-order chi connectivity index (χ0) is 26.9. The number of hydrogen-bond donors (Lipinski definition) is 0. The summed E-state index contributed by atoms with van der Waals surface area (Å²) in [5, 5.41) is 5.59. The zero-order valence-electron chi connectivity index (χ0n) is 22.0. The minimum absolute atomic E-state index is 0.00584. The maximum Gasteiger partial charge on any atom is 0.146 e. The number of aromatic nitrogens is 1. The summed E-state index contributed by atoms with van der Waals surface area (Å²) in [4.78, 5) is 4.77. The van der Waals surface area contributed by atoms with Gasteiger partial charge in [0.1, 0.15) is 24.8 Å². The molecule has 0 amide bonds. The summed E-state index contributed by atoms with van der Waals surface area (Å²) in [5.74, 6) is -0.372. The van der Waals surface area contributed by atoms with Crippen molar-refractivity contribution in [2.75, 3.05) is 0 Å². The lowest BCUT2D eigenvalue weighted by Gasteiger charge is -2.18. The molecule has 0 bridgehead atoms. The summed E-state index contributed by atoms with van der Waals surface area (Å²) in [6.07, 6.45) is 1.92. The zero-order valence-corrected chi connectivity index (χ0v) is 22.0. The van der Waals surface area contributed by atoms with Gasteiger partial charge in [0.25, 0.3) is 0 Å². The van der Waals surface area contributed by atoms with Crippen LogP contribution in [0.5, 0.6) is 0 Å². The van der Waals surface area contributed by atoms with Gasteiger partial charge in [-0.25, -0.2) is 4.39 Å². The SMILES string of the molecule is [B]c1c(-c2c(F)ccc3c2oc2c(-c4ccc(C(C)(C)C)cn4)cccc23)c2ccccc2c2ccccc12. The van der Waals surface area contributed by atoms with E-state index in [9.17, 15) is 0 Å². The molecule has 7 rings (SSSR count). The Bertz CT molecular complexity index is 2070. The number of para-hydroxylation sites is 1. The molecule has 0 spiro atoms. The van der Waals surface area contributed by atoms with E-state index >= 15 is 4.39 Å². The van der Waals surface area contributed by atoms with Gasteiger partial charge < -0.3 is 4.42 Å². The second-order valence-corrected chi connectivity index (χ2v) is 11.1. The van der Waals surface area contributed by atoms with Crippen LogP contribution in [0.4, 0.5) is 4.39 Å². The summed E-state index contributed by atoms with van der Waals surface area (Å²) in [7, 11) is 6.82. The Kier molecular flexibility index (Phi) is 5.18. The molecular formula is C35H25BFNO. The van der Waals surface area contributed by atoms with Gasteiger partial charge in [0.2, 0.25) is 0 Å². The van der Waals surface area contributed by atoms with Crippen LogP contribution in [0.15, 0.2) is 102 Å². The Labute approximate surface area is 227 Å². The molecule has 0 aliphatic rings. The van der Waals surface area contributed by atoms with Crippen molar-refractivity contribution in [3.8, 4) is 22.4 Å². The molecule has 0 N–H and O–H groups in total. The Balaban J connectivity index is 1.55. The van der Waals surface area contributed by atoms with Crippen molar-refractivity contribution in [1.29, 1.82) is 0 Å². The molecule has 0 aliphatic carbocycles. The van der Waals surface area contributed by atoms with E-state index in [2.05, 4.69) is 39.0 Å². The number of fused-ring (bicyclic) bond motifs is 6. The molecule has 2 nitrogen and oxygen atoms in total. The number of nitrogens with zero attached hydrogens (tertiary/aromatic N) is 1. The fourth-order valence-electron chi connectivity index (χ4n) is 5.71. The van der Waals surface area contributed by atoms with Gasteiger partial charge in [0, 0.05) is 22.5 Å². The first-order chi connectivity index (χ1) is 18.8. The number of halogens is 1. The first-order valence-corrected chi connectivity index (χ1v) is 13.1. The highest BCUT2D eigenvalue weighted by atomic mass is 19.1. The third-order valence-corrected chi connectivity index (χ3v) is 7.74. The number of benzene rings is 5.